The molecule has 0 radical (unpaired) electrons. The molecule has 0 aliphatic carbocycles. The summed E-state index contributed by atoms with van der Waals surface area (Å²) in [6.45, 7) is 1.82. The summed E-state index contributed by atoms with van der Waals surface area (Å²) in [5, 5.41) is 3.44. The van der Waals surface area contributed by atoms with Crippen LogP contribution in [0.4, 0.5) is 11.5 Å². The number of benzene rings is 1. The molecule has 8 heteroatoms. The molecule has 8 nitrogen and oxygen atoms in total. The number of nitrogens with zero attached hydrogens (tertiary/aromatic N) is 2. The minimum Gasteiger partial charge on any atom is -0.383 e. The number of hydrogen-bond donors (Lipinski definition) is 3. The predicted molar refractivity (Wildman–Crippen MR) is 92.3 cm³/mol. The van der Waals surface area contributed by atoms with Gasteiger partial charge in [0.1, 0.15) is 17.2 Å². The van der Waals surface area contributed by atoms with Crippen molar-refractivity contribution in [3.8, 4) is 0 Å². The monoisotopic (exact) mass is 327 g/mol. The lowest BCUT2D eigenvalue weighted by atomic mass is 10.1. The number of amides is 1. The summed E-state index contributed by atoms with van der Waals surface area (Å²) in [4.78, 5) is 39.7. The third-order valence-electron chi connectivity index (χ3n) is 4.14. The summed E-state index contributed by atoms with van der Waals surface area (Å²) in [6, 6.07) is 7.50. The van der Waals surface area contributed by atoms with Gasteiger partial charge in [0.25, 0.3) is 11.5 Å². The van der Waals surface area contributed by atoms with E-state index in [1.54, 1.807) is 0 Å². The Kier molecular flexibility index (Phi) is 3.52. The molecule has 24 heavy (non-hydrogen) atoms. The molecule has 4 N–H and O–H groups in total. The van der Waals surface area contributed by atoms with Crippen molar-refractivity contribution in [2.24, 2.45) is 14.1 Å². The number of nitrogens with one attached hydrogen (secondary N) is 2. The molecule has 124 valence electrons. The molecular formula is C16H17N5O3. The molecule has 0 saturated heterocycles. The predicted octanol–water partition coefficient (Wildman–Crippen LogP) is 0.708. The molecule has 0 fully saturated rings. The van der Waals surface area contributed by atoms with Crippen LogP contribution >= 0.6 is 0 Å². The van der Waals surface area contributed by atoms with Crippen LogP contribution in [0.5, 0.6) is 0 Å². The average Bonchev–Trinajstić information content (AvgIpc) is 2.92. The maximum Gasteiger partial charge on any atom is 0.332 e. The topological polar surface area (TPSA) is 115 Å². The second-order valence-corrected chi connectivity index (χ2v) is 5.59. The first-order valence-electron chi connectivity index (χ1n) is 7.27. The molecule has 0 aliphatic rings. The zero-order valence-corrected chi connectivity index (χ0v) is 13.5. The summed E-state index contributed by atoms with van der Waals surface area (Å²) >= 11 is 0. The smallest absolute Gasteiger partial charge is 0.332 e. The molecular weight excluding hydrogens is 310 g/mol. The van der Waals surface area contributed by atoms with E-state index in [1.807, 2.05) is 31.2 Å². The second kappa shape index (κ2) is 5.41. The number of anilines is 2. The van der Waals surface area contributed by atoms with Gasteiger partial charge < -0.3 is 16.0 Å². The van der Waals surface area contributed by atoms with E-state index in [1.165, 1.54) is 14.1 Å². The molecule has 0 atom stereocenters. The Morgan fingerprint density at radius 3 is 2.50 bits per heavy atom. The summed E-state index contributed by atoms with van der Waals surface area (Å²) in [7, 11) is 2.76. The van der Waals surface area contributed by atoms with Gasteiger partial charge in [-0.05, 0) is 18.6 Å². The number of nitrogens with two attached hydrogens (primary N) is 1. The first-order chi connectivity index (χ1) is 11.3. The Bertz CT molecular complexity index is 1090. The van der Waals surface area contributed by atoms with Crippen molar-refractivity contribution in [3.63, 3.8) is 0 Å². The van der Waals surface area contributed by atoms with E-state index in [0.717, 1.165) is 25.6 Å². The van der Waals surface area contributed by atoms with Crippen LogP contribution in [0.25, 0.3) is 10.9 Å². The fourth-order valence-corrected chi connectivity index (χ4v) is 2.66. The van der Waals surface area contributed by atoms with Gasteiger partial charge in [-0.1, -0.05) is 18.2 Å². The van der Waals surface area contributed by atoms with Crippen molar-refractivity contribution < 1.29 is 4.79 Å². The molecule has 3 rings (SSSR count). The summed E-state index contributed by atoms with van der Waals surface area (Å²) < 4.78 is 2.00. The van der Waals surface area contributed by atoms with Crippen LogP contribution in [0.15, 0.2) is 33.9 Å². The summed E-state index contributed by atoms with van der Waals surface area (Å²) in [6.07, 6.45) is 0. The first kappa shape index (κ1) is 15.6. The number of carbonyl (C=O) groups is 1. The highest BCUT2D eigenvalue weighted by molar-refractivity contribution is 6.08. The highest BCUT2D eigenvalue weighted by atomic mass is 16.2. The van der Waals surface area contributed by atoms with E-state index in [4.69, 9.17) is 5.73 Å². The van der Waals surface area contributed by atoms with Crippen LogP contribution in [0.2, 0.25) is 0 Å². The number of H-pyrrole nitrogens is 1. The van der Waals surface area contributed by atoms with Crippen LogP contribution < -0.4 is 22.3 Å². The standard InChI is InChI=1S/C16H17N5O3/c1-8-9-6-4-5-7-10(9)18-11(8)14(22)19-12-13(17)20(2)16(24)21(3)15(12)23/h4-7,18H,17H2,1-3H3,(H,19,22). The molecule has 2 heterocycles. The maximum absolute atomic E-state index is 12.6. The van der Waals surface area contributed by atoms with E-state index < -0.39 is 17.2 Å². The minimum atomic E-state index is -0.655. The molecule has 1 aromatic carbocycles. The lowest BCUT2D eigenvalue weighted by Gasteiger charge is -2.12. The number of rotatable bonds is 2. The van der Waals surface area contributed by atoms with Gasteiger partial charge >= 0.3 is 5.69 Å². The fraction of sp³-hybridized carbons (Fsp3) is 0.188. The third-order valence-corrected chi connectivity index (χ3v) is 4.14. The van der Waals surface area contributed by atoms with E-state index in [0.29, 0.717) is 5.69 Å². The number of aromatic amines is 1. The van der Waals surface area contributed by atoms with Crippen LogP contribution in [-0.2, 0) is 14.1 Å². The largest absolute Gasteiger partial charge is 0.383 e. The fourth-order valence-electron chi connectivity index (χ4n) is 2.66. The number of nitrogen functional groups attached to an aromatic ring is 1. The number of hydrogen-bond acceptors (Lipinski definition) is 4. The molecule has 0 spiro atoms. The van der Waals surface area contributed by atoms with Gasteiger partial charge in [0.2, 0.25) is 0 Å². The number of aryl methyl sites for hydroxylation is 1. The van der Waals surface area contributed by atoms with E-state index in [-0.39, 0.29) is 11.5 Å². The van der Waals surface area contributed by atoms with Gasteiger partial charge in [0.15, 0.2) is 0 Å². The van der Waals surface area contributed by atoms with Crippen LogP contribution in [0.3, 0.4) is 0 Å². The number of aromatic nitrogens is 3. The summed E-state index contributed by atoms with van der Waals surface area (Å²) in [5.41, 5.74) is 6.41. The van der Waals surface area contributed by atoms with Crippen molar-refractivity contribution in [1.29, 1.82) is 0 Å². The zero-order chi connectivity index (χ0) is 17.6. The van der Waals surface area contributed by atoms with E-state index in [9.17, 15) is 14.4 Å². The van der Waals surface area contributed by atoms with E-state index in [2.05, 4.69) is 10.3 Å². The Labute approximate surface area is 136 Å². The minimum absolute atomic E-state index is 0.0924. The Hall–Kier alpha value is -3.29. The Morgan fingerprint density at radius 1 is 1.17 bits per heavy atom. The van der Waals surface area contributed by atoms with Crippen molar-refractivity contribution in [1.82, 2.24) is 14.1 Å². The van der Waals surface area contributed by atoms with Crippen LogP contribution in [-0.4, -0.2) is 20.0 Å². The van der Waals surface area contributed by atoms with E-state index >= 15 is 0 Å². The van der Waals surface area contributed by atoms with Crippen LogP contribution in [0.1, 0.15) is 16.1 Å². The van der Waals surface area contributed by atoms with Gasteiger partial charge in [-0.3, -0.25) is 18.7 Å². The SMILES string of the molecule is Cc1c(C(=O)Nc2c(N)n(C)c(=O)n(C)c2=O)[nH]c2ccccc12. The quantitative estimate of drug-likeness (QED) is 0.643. The van der Waals surface area contributed by atoms with Crippen molar-refractivity contribution in [2.45, 2.75) is 6.92 Å². The molecule has 3 aromatic rings. The van der Waals surface area contributed by atoms with Gasteiger partial charge in [0.05, 0.1) is 0 Å². The molecule has 0 unspecified atom stereocenters. The van der Waals surface area contributed by atoms with Crippen molar-refractivity contribution in [3.05, 3.63) is 56.4 Å². The molecule has 0 bridgehead atoms. The Balaban J connectivity index is 2.09. The van der Waals surface area contributed by atoms with Gasteiger partial charge in [0, 0.05) is 25.0 Å². The van der Waals surface area contributed by atoms with Gasteiger partial charge in [-0.25, -0.2) is 4.79 Å². The number of para-hydroxylation sites is 1. The summed E-state index contributed by atoms with van der Waals surface area (Å²) in [5.74, 6) is -0.587. The lowest BCUT2D eigenvalue weighted by Crippen LogP contribution is -2.40. The normalized spacial score (nSPS) is 11.0. The molecule has 0 saturated carbocycles. The highest BCUT2D eigenvalue weighted by Crippen LogP contribution is 2.22. The molecule has 2 aromatic heterocycles. The average molecular weight is 327 g/mol. The number of fused-ring (bicyclic) bond motifs is 1. The third kappa shape index (κ3) is 2.19. The maximum atomic E-state index is 12.6. The van der Waals surface area contributed by atoms with Crippen molar-refractivity contribution >= 4 is 28.3 Å². The Morgan fingerprint density at radius 2 is 1.83 bits per heavy atom. The second-order valence-electron chi connectivity index (χ2n) is 5.59. The van der Waals surface area contributed by atoms with Crippen molar-refractivity contribution in [2.75, 3.05) is 11.1 Å². The lowest BCUT2D eigenvalue weighted by molar-refractivity contribution is 0.102. The van der Waals surface area contributed by atoms with Gasteiger partial charge in [-0.2, -0.15) is 0 Å². The molecule has 0 aliphatic heterocycles. The first-order valence-corrected chi connectivity index (χ1v) is 7.27. The highest BCUT2D eigenvalue weighted by Gasteiger charge is 2.19. The zero-order valence-electron chi connectivity index (χ0n) is 13.5. The molecule has 1 amide bonds. The van der Waals surface area contributed by atoms with Crippen LogP contribution in [0, 0.1) is 6.92 Å². The number of carbonyl (C=O) groups excluding carboxylic acids is 1. The van der Waals surface area contributed by atoms with Gasteiger partial charge in [-0.15, -0.1) is 0 Å².